The molecule has 27 heavy (non-hydrogen) atoms. The molecule has 0 aliphatic carbocycles. The molecule has 2 aliphatic heterocycles. The van der Waals surface area contributed by atoms with Gasteiger partial charge in [-0.1, -0.05) is 29.6 Å². The quantitative estimate of drug-likeness (QED) is 0.823. The molecule has 1 N–H and O–H groups in total. The van der Waals surface area contributed by atoms with E-state index in [1.807, 2.05) is 16.7 Å². The fourth-order valence-corrected chi connectivity index (χ4v) is 3.89. The molecule has 0 spiro atoms. The summed E-state index contributed by atoms with van der Waals surface area (Å²) in [5, 5.41) is 3.74. The molecule has 1 aromatic rings. The van der Waals surface area contributed by atoms with E-state index in [-0.39, 0.29) is 30.5 Å². The van der Waals surface area contributed by atoms with Crippen molar-refractivity contribution >= 4 is 40.7 Å². The third-order valence-corrected chi connectivity index (χ3v) is 5.77. The Morgan fingerprint density at radius 3 is 2.78 bits per heavy atom. The zero-order chi connectivity index (χ0) is 19.4. The van der Waals surface area contributed by atoms with Gasteiger partial charge in [-0.25, -0.2) is 0 Å². The second kappa shape index (κ2) is 9.24. The van der Waals surface area contributed by atoms with Gasteiger partial charge < -0.3 is 15.0 Å². The van der Waals surface area contributed by atoms with Crippen LogP contribution in [0.15, 0.2) is 18.2 Å². The Kier molecular flexibility index (Phi) is 6.98. The number of nitrogens with one attached hydrogen (secondary N) is 1. The number of carbonyl (C=O) groups is 2. The molecule has 2 unspecified atom stereocenters. The molecule has 0 aromatic heterocycles. The van der Waals surface area contributed by atoms with Gasteiger partial charge in [-0.05, 0) is 44.5 Å². The van der Waals surface area contributed by atoms with Crippen LogP contribution in [-0.4, -0.2) is 66.5 Å². The second-order valence-corrected chi connectivity index (χ2v) is 7.94. The van der Waals surface area contributed by atoms with Gasteiger partial charge in [0.2, 0.25) is 11.8 Å². The molecule has 3 rings (SSSR count). The number of rotatable bonds is 4. The monoisotopic (exact) mass is 413 g/mol. The van der Waals surface area contributed by atoms with Gasteiger partial charge in [0, 0.05) is 18.8 Å². The number of hydrogen-bond acceptors (Lipinski definition) is 4. The Morgan fingerprint density at radius 1 is 1.22 bits per heavy atom. The number of likely N-dealkylation sites (tertiary alicyclic amines) is 1. The summed E-state index contributed by atoms with van der Waals surface area (Å²) in [5.41, 5.74) is 0.605. The van der Waals surface area contributed by atoms with E-state index in [9.17, 15) is 9.59 Å². The normalized spacial score (nSPS) is 23.9. The number of halogens is 2. The number of ether oxygens (including phenoxy) is 1. The topological polar surface area (TPSA) is 61.9 Å². The predicted octanol–water partition coefficient (Wildman–Crippen LogP) is 3.03. The van der Waals surface area contributed by atoms with E-state index in [1.54, 1.807) is 18.2 Å². The van der Waals surface area contributed by atoms with Crippen molar-refractivity contribution in [3.8, 4) is 0 Å². The van der Waals surface area contributed by atoms with E-state index in [0.29, 0.717) is 35.4 Å². The lowest BCUT2D eigenvalue weighted by Crippen LogP contribution is -2.53. The van der Waals surface area contributed by atoms with Gasteiger partial charge in [-0.15, -0.1) is 0 Å². The van der Waals surface area contributed by atoms with Crippen molar-refractivity contribution in [2.24, 2.45) is 0 Å². The highest BCUT2D eigenvalue weighted by Crippen LogP contribution is 2.26. The highest BCUT2D eigenvalue weighted by molar-refractivity contribution is 6.42. The molecule has 0 radical (unpaired) electrons. The van der Waals surface area contributed by atoms with Crippen LogP contribution in [0.4, 0.5) is 5.69 Å². The molecule has 148 valence electrons. The van der Waals surface area contributed by atoms with Crippen LogP contribution in [0.2, 0.25) is 10.0 Å². The van der Waals surface area contributed by atoms with Crippen molar-refractivity contribution in [2.45, 2.75) is 38.3 Å². The molecular weight excluding hydrogens is 389 g/mol. The van der Waals surface area contributed by atoms with Gasteiger partial charge in [0.05, 0.1) is 35.3 Å². The van der Waals surface area contributed by atoms with Crippen molar-refractivity contribution in [1.82, 2.24) is 9.80 Å². The summed E-state index contributed by atoms with van der Waals surface area (Å²) in [7, 11) is 0. The Hall–Kier alpha value is -1.34. The molecule has 2 amide bonds. The van der Waals surface area contributed by atoms with Gasteiger partial charge in [-0.3, -0.25) is 14.5 Å². The Balaban J connectivity index is 1.62. The summed E-state index contributed by atoms with van der Waals surface area (Å²) in [5.74, 6) is -0.0596. The average molecular weight is 414 g/mol. The molecule has 2 saturated heterocycles. The van der Waals surface area contributed by atoms with Crippen molar-refractivity contribution in [1.29, 1.82) is 0 Å². The fraction of sp³-hybridized carbons (Fsp3) is 0.579. The van der Waals surface area contributed by atoms with Crippen molar-refractivity contribution in [3.63, 3.8) is 0 Å². The van der Waals surface area contributed by atoms with Gasteiger partial charge >= 0.3 is 0 Å². The molecule has 2 aliphatic rings. The van der Waals surface area contributed by atoms with Crippen LogP contribution in [-0.2, 0) is 14.3 Å². The highest BCUT2D eigenvalue weighted by Gasteiger charge is 2.32. The number of carbonyl (C=O) groups excluding carboxylic acids is 2. The summed E-state index contributed by atoms with van der Waals surface area (Å²) in [6.07, 6.45) is 2.75. The number of hydrogen-bond donors (Lipinski definition) is 1. The van der Waals surface area contributed by atoms with Crippen molar-refractivity contribution in [2.75, 3.05) is 38.1 Å². The van der Waals surface area contributed by atoms with Crippen molar-refractivity contribution in [3.05, 3.63) is 28.2 Å². The van der Waals surface area contributed by atoms with E-state index < -0.39 is 0 Å². The lowest BCUT2D eigenvalue weighted by Gasteiger charge is -2.37. The van der Waals surface area contributed by atoms with Crippen molar-refractivity contribution < 1.29 is 14.3 Å². The zero-order valence-electron chi connectivity index (χ0n) is 15.4. The number of amides is 2. The van der Waals surface area contributed by atoms with E-state index in [0.717, 1.165) is 25.8 Å². The van der Waals surface area contributed by atoms with Gasteiger partial charge in [-0.2, -0.15) is 0 Å². The largest absolute Gasteiger partial charge is 0.375 e. The first-order valence-electron chi connectivity index (χ1n) is 9.33. The van der Waals surface area contributed by atoms with E-state index in [2.05, 4.69) is 5.32 Å². The van der Waals surface area contributed by atoms with Crippen LogP contribution >= 0.6 is 23.2 Å². The first-order valence-corrected chi connectivity index (χ1v) is 10.1. The molecule has 6 nitrogen and oxygen atoms in total. The first kappa shape index (κ1) is 20.4. The lowest BCUT2D eigenvalue weighted by atomic mass is 10.0. The fourth-order valence-electron chi connectivity index (χ4n) is 3.60. The third-order valence-electron chi connectivity index (χ3n) is 5.04. The third kappa shape index (κ3) is 5.35. The standard InChI is InChI=1S/C19H25Cl2N3O3/c1-13-11-24(8-9-27-13)18(25)12-23-7-3-2-4-17(23)19(26)22-14-5-6-15(20)16(21)10-14/h5-6,10,13,17H,2-4,7-9,11-12H2,1H3,(H,22,26). The number of benzene rings is 1. The minimum Gasteiger partial charge on any atom is -0.375 e. The minimum absolute atomic E-state index is 0.0535. The summed E-state index contributed by atoms with van der Waals surface area (Å²) in [6, 6.07) is 4.69. The minimum atomic E-state index is -0.324. The van der Waals surface area contributed by atoms with Gasteiger partial charge in [0.25, 0.3) is 0 Å². The maximum Gasteiger partial charge on any atom is 0.241 e. The SMILES string of the molecule is CC1CN(C(=O)CN2CCCCC2C(=O)Nc2ccc(Cl)c(Cl)c2)CCO1. The summed E-state index contributed by atoms with van der Waals surface area (Å²) >= 11 is 12.0. The Labute approximate surface area is 169 Å². The maximum atomic E-state index is 12.8. The van der Waals surface area contributed by atoms with Gasteiger partial charge in [0.15, 0.2) is 0 Å². The molecular formula is C19H25Cl2N3O3. The number of piperidine rings is 1. The number of morpholine rings is 1. The number of anilines is 1. The van der Waals surface area contributed by atoms with E-state index >= 15 is 0 Å². The molecule has 1 aromatic carbocycles. The predicted molar refractivity (Wildman–Crippen MR) is 106 cm³/mol. The number of nitrogens with zero attached hydrogens (tertiary/aromatic N) is 2. The summed E-state index contributed by atoms with van der Waals surface area (Å²) in [6.45, 7) is 4.74. The summed E-state index contributed by atoms with van der Waals surface area (Å²) < 4.78 is 5.50. The summed E-state index contributed by atoms with van der Waals surface area (Å²) in [4.78, 5) is 29.3. The average Bonchev–Trinajstić information content (AvgIpc) is 2.65. The van der Waals surface area contributed by atoms with Crippen LogP contribution in [0.3, 0.4) is 0 Å². The zero-order valence-corrected chi connectivity index (χ0v) is 16.9. The van der Waals surface area contributed by atoms with Crippen LogP contribution in [0.1, 0.15) is 26.2 Å². The van der Waals surface area contributed by atoms with E-state index in [1.165, 1.54) is 0 Å². The molecule has 2 fully saturated rings. The van der Waals surface area contributed by atoms with Crippen LogP contribution in [0.25, 0.3) is 0 Å². The first-order chi connectivity index (χ1) is 12.9. The Morgan fingerprint density at radius 2 is 2.04 bits per heavy atom. The molecule has 2 atom stereocenters. The molecule has 0 bridgehead atoms. The van der Waals surface area contributed by atoms with Crippen LogP contribution < -0.4 is 5.32 Å². The van der Waals surface area contributed by atoms with E-state index in [4.69, 9.17) is 27.9 Å². The Bertz CT molecular complexity index is 701. The molecule has 0 saturated carbocycles. The van der Waals surface area contributed by atoms with Crippen LogP contribution in [0, 0.1) is 0 Å². The highest BCUT2D eigenvalue weighted by atomic mass is 35.5. The van der Waals surface area contributed by atoms with Crippen LogP contribution in [0.5, 0.6) is 0 Å². The second-order valence-electron chi connectivity index (χ2n) is 7.12. The smallest absolute Gasteiger partial charge is 0.241 e. The maximum absolute atomic E-state index is 12.8. The molecule has 8 heteroatoms. The molecule has 2 heterocycles. The van der Waals surface area contributed by atoms with Gasteiger partial charge in [0.1, 0.15) is 0 Å². The lowest BCUT2D eigenvalue weighted by molar-refractivity contribution is -0.141.